The van der Waals surface area contributed by atoms with Gasteiger partial charge in [-0.15, -0.1) is 0 Å². The van der Waals surface area contributed by atoms with Crippen LogP contribution in [0.5, 0.6) is 0 Å². The van der Waals surface area contributed by atoms with Crippen LogP contribution >= 0.6 is 0 Å². The molecule has 1 aliphatic heterocycles. The van der Waals surface area contributed by atoms with Gasteiger partial charge in [-0.05, 0) is 36.5 Å². The largest absolute Gasteiger partial charge is 0.386 e. The van der Waals surface area contributed by atoms with Crippen LogP contribution in [-0.2, 0) is 23.8 Å². The second kappa shape index (κ2) is 10.1. The maximum atomic E-state index is 11.5. The molecule has 3 N–H and O–H groups in total. The lowest BCUT2D eigenvalue weighted by molar-refractivity contribution is 0.475. The van der Waals surface area contributed by atoms with Gasteiger partial charge < -0.3 is 20.9 Å². The molecule has 1 fully saturated rings. The van der Waals surface area contributed by atoms with Gasteiger partial charge in [0.05, 0.1) is 17.6 Å². The molecule has 7 heteroatoms. The predicted octanol–water partition coefficient (Wildman–Crippen LogP) is 3.50. The van der Waals surface area contributed by atoms with Gasteiger partial charge in [0.15, 0.2) is 0 Å². The van der Waals surface area contributed by atoms with E-state index in [0.717, 1.165) is 54.5 Å². The van der Waals surface area contributed by atoms with Gasteiger partial charge in [-0.25, -0.2) is 4.98 Å². The second-order valence-electron chi connectivity index (χ2n) is 7.47. The number of benzene rings is 1. The fourth-order valence-corrected chi connectivity index (χ4v) is 5.08. The minimum Gasteiger partial charge on any atom is -0.386 e. The first-order valence-corrected chi connectivity index (χ1v) is 11.8. The Morgan fingerprint density at radius 2 is 1.86 bits per heavy atom. The number of rotatable bonds is 8. The van der Waals surface area contributed by atoms with Gasteiger partial charge in [-0.3, -0.25) is 4.21 Å². The molecule has 0 unspecified atom stereocenters. The van der Waals surface area contributed by atoms with Crippen LogP contribution in [0.25, 0.3) is 0 Å². The van der Waals surface area contributed by atoms with E-state index in [1.165, 1.54) is 16.8 Å². The zero-order chi connectivity index (χ0) is 20.8. The number of nitrogens with zero attached hydrogens (tertiary/aromatic N) is 2. The molecule has 0 spiro atoms. The minimum atomic E-state index is -0.605. The Bertz CT molecular complexity index is 847. The van der Waals surface area contributed by atoms with Crippen LogP contribution in [0.3, 0.4) is 0 Å². The monoisotopic (exact) mass is 415 g/mol. The molecular weight excluding hydrogens is 382 g/mol. The average Bonchev–Trinajstić information content (AvgIpc) is 2.77. The van der Waals surface area contributed by atoms with Crippen molar-refractivity contribution >= 4 is 33.7 Å². The van der Waals surface area contributed by atoms with E-state index in [1.54, 1.807) is 0 Å². The molecule has 0 atom stereocenters. The summed E-state index contributed by atoms with van der Waals surface area (Å²) in [6, 6.07) is 9.22. The van der Waals surface area contributed by atoms with E-state index in [4.69, 9.17) is 0 Å². The summed E-state index contributed by atoms with van der Waals surface area (Å²) < 4.78 is 11.5. The Morgan fingerprint density at radius 1 is 1.14 bits per heavy atom. The smallest absolute Gasteiger partial charge is 0.134 e. The third-order valence-electron chi connectivity index (χ3n) is 5.64. The van der Waals surface area contributed by atoms with Crippen molar-refractivity contribution in [3.63, 3.8) is 0 Å². The molecule has 6 nitrogen and oxygen atoms in total. The first-order valence-electron chi connectivity index (χ1n) is 10.3. The molecule has 2 heterocycles. The molecule has 0 amide bonds. The zero-order valence-corrected chi connectivity index (χ0v) is 18.7. The number of nitrogens with one attached hydrogen (secondary N) is 3. The summed E-state index contributed by atoms with van der Waals surface area (Å²) in [4.78, 5) is 6.77. The normalized spacial score (nSPS) is 19.0. The predicted molar refractivity (Wildman–Crippen MR) is 125 cm³/mol. The van der Waals surface area contributed by atoms with Crippen LogP contribution in [0, 0.1) is 0 Å². The summed E-state index contributed by atoms with van der Waals surface area (Å²) in [5.74, 6) is 2.56. The van der Waals surface area contributed by atoms with E-state index in [9.17, 15) is 4.21 Å². The Labute approximate surface area is 177 Å². The zero-order valence-electron chi connectivity index (χ0n) is 17.9. The summed E-state index contributed by atoms with van der Waals surface area (Å²) in [6.45, 7) is 3.05. The van der Waals surface area contributed by atoms with E-state index in [2.05, 4.69) is 64.1 Å². The third-order valence-corrected chi connectivity index (χ3v) is 7.02. The van der Waals surface area contributed by atoms with Crippen molar-refractivity contribution in [2.24, 2.45) is 0 Å². The lowest BCUT2D eigenvalue weighted by atomic mass is 10.0. The Balaban J connectivity index is 1.73. The number of pyridine rings is 1. The summed E-state index contributed by atoms with van der Waals surface area (Å²) in [6.07, 6.45) is 4.84. The first kappa shape index (κ1) is 21.6. The van der Waals surface area contributed by atoms with Crippen molar-refractivity contribution < 1.29 is 4.21 Å². The van der Waals surface area contributed by atoms with Crippen LogP contribution in [0.15, 0.2) is 30.5 Å². The van der Waals surface area contributed by atoms with Crippen LogP contribution in [-0.4, -0.2) is 47.9 Å². The molecule has 1 aliphatic rings. The highest BCUT2D eigenvalue weighted by atomic mass is 32.2. The van der Waals surface area contributed by atoms with Gasteiger partial charge >= 0.3 is 0 Å². The van der Waals surface area contributed by atoms with E-state index in [1.807, 2.05) is 20.3 Å². The minimum absolute atomic E-state index is 0.481. The molecule has 158 valence electrons. The van der Waals surface area contributed by atoms with Gasteiger partial charge in [0.25, 0.3) is 0 Å². The molecule has 0 radical (unpaired) electrons. The maximum absolute atomic E-state index is 11.5. The number of aromatic nitrogens is 1. The summed E-state index contributed by atoms with van der Waals surface area (Å²) >= 11 is 0. The summed E-state index contributed by atoms with van der Waals surface area (Å²) in [7, 11) is 5.28. The average molecular weight is 416 g/mol. The van der Waals surface area contributed by atoms with Gasteiger partial charge in [0, 0.05) is 67.8 Å². The van der Waals surface area contributed by atoms with Crippen LogP contribution in [0.2, 0.25) is 0 Å². The van der Waals surface area contributed by atoms with Gasteiger partial charge in [-0.2, -0.15) is 0 Å². The van der Waals surface area contributed by atoms with Gasteiger partial charge in [0.2, 0.25) is 0 Å². The van der Waals surface area contributed by atoms with Crippen LogP contribution in [0.4, 0.5) is 22.9 Å². The van der Waals surface area contributed by atoms with Crippen molar-refractivity contribution in [1.82, 2.24) is 10.3 Å². The Hall–Kier alpha value is -2.12. The van der Waals surface area contributed by atoms with E-state index >= 15 is 0 Å². The number of anilines is 4. The molecular formula is C22H33N5OS. The number of hydrogen-bond acceptors (Lipinski definition) is 6. The molecule has 0 bridgehead atoms. The molecule has 1 saturated heterocycles. The van der Waals surface area contributed by atoms with Crippen molar-refractivity contribution in [3.05, 3.63) is 41.6 Å². The first-order chi connectivity index (χ1) is 14.0. The summed E-state index contributed by atoms with van der Waals surface area (Å²) in [5.41, 5.74) is 5.78. The van der Waals surface area contributed by atoms with Crippen LogP contribution in [0.1, 0.15) is 30.9 Å². The highest BCUT2D eigenvalue weighted by molar-refractivity contribution is 7.85. The Morgan fingerprint density at radius 3 is 2.52 bits per heavy atom. The Kier molecular flexibility index (Phi) is 7.50. The van der Waals surface area contributed by atoms with Crippen molar-refractivity contribution in [2.75, 3.05) is 48.2 Å². The highest BCUT2D eigenvalue weighted by Crippen LogP contribution is 2.31. The topological polar surface area (TPSA) is 69.3 Å². The quantitative estimate of drug-likeness (QED) is 0.613. The molecule has 2 aromatic rings. The van der Waals surface area contributed by atoms with Gasteiger partial charge in [0.1, 0.15) is 5.82 Å². The maximum Gasteiger partial charge on any atom is 0.134 e. The molecule has 1 aromatic heterocycles. The highest BCUT2D eigenvalue weighted by Gasteiger charge is 2.17. The lowest BCUT2D eigenvalue weighted by Crippen LogP contribution is -2.35. The standard InChI is InChI=1S/C22H33N5OS/c1-5-17-12-16(14-25-18-8-10-29(28)11-9-18)6-7-21(17)27(4)22-13-19(23-2)20(24-3)15-26-22/h6-7,12-13,15,18,24-25H,5,8-11,14H2,1-4H3,(H,23,26). The van der Waals surface area contributed by atoms with E-state index in [0.29, 0.717) is 6.04 Å². The molecule has 0 aliphatic carbocycles. The van der Waals surface area contributed by atoms with Crippen molar-refractivity contribution in [3.8, 4) is 0 Å². The van der Waals surface area contributed by atoms with Crippen molar-refractivity contribution in [1.29, 1.82) is 0 Å². The fourth-order valence-electron chi connectivity index (χ4n) is 3.78. The summed E-state index contributed by atoms with van der Waals surface area (Å²) in [5, 5.41) is 10.0. The fraction of sp³-hybridized carbons (Fsp3) is 0.500. The van der Waals surface area contributed by atoms with E-state index in [-0.39, 0.29) is 0 Å². The number of aryl methyl sites for hydroxylation is 1. The third kappa shape index (κ3) is 5.28. The molecule has 1 aromatic carbocycles. The van der Waals surface area contributed by atoms with E-state index < -0.39 is 10.8 Å². The van der Waals surface area contributed by atoms with Crippen LogP contribution < -0.4 is 20.9 Å². The molecule has 29 heavy (non-hydrogen) atoms. The molecule has 0 saturated carbocycles. The number of hydrogen-bond donors (Lipinski definition) is 3. The van der Waals surface area contributed by atoms with Gasteiger partial charge in [-0.1, -0.05) is 19.1 Å². The second-order valence-corrected chi connectivity index (χ2v) is 9.16. The lowest BCUT2D eigenvalue weighted by Gasteiger charge is -2.25. The molecule has 3 rings (SSSR count). The van der Waals surface area contributed by atoms with Crippen molar-refractivity contribution in [2.45, 2.75) is 38.8 Å². The SMILES string of the molecule is CCc1cc(CNC2CCS(=O)CC2)ccc1N(C)c1cc(NC)c(NC)cn1.